The highest BCUT2D eigenvalue weighted by Gasteiger charge is 2.14. The Morgan fingerprint density at radius 2 is 1.13 bits per heavy atom. The van der Waals surface area contributed by atoms with Crippen molar-refractivity contribution in [2.75, 3.05) is 14.2 Å². The molecule has 3 rings (SSSR count). The molecular weight excluding hydrogens is 288 g/mol. The van der Waals surface area contributed by atoms with E-state index in [0.717, 1.165) is 22.3 Å². The highest BCUT2D eigenvalue weighted by atomic mass is 16.5. The number of hydrogen-bond donors (Lipinski definition) is 1. The second-order valence-corrected chi connectivity index (χ2v) is 5.14. The van der Waals surface area contributed by atoms with E-state index in [1.54, 1.807) is 0 Å². The minimum Gasteiger partial charge on any atom is -0.502 e. The van der Waals surface area contributed by atoms with Gasteiger partial charge in [0.1, 0.15) is 0 Å². The fourth-order valence-corrected chi connectivity index (χ4v) is 2.65. The molecule has 0 saturated heterocycles. The Morgan fingerprint density at radius 3 is 1.65 bits per heavy atom. The Bertz CT molecular complexity index is 785. The molecule has 0 aromatic heterocycles. The Hall–Kier alpha value is -2.94. The molecule has 0 aliphatic carbocycles. The van der Waals surface area contributed by atoms with Crippen LogP contribution in [0.2, 0.25) is 0 Å². The van der Waals surface area contributed by atoms with E-state index in [1.165, 1.54) is 14.2 Å². The van der Waals surface area contributed by atoms with Gasteiger partial charge in [-0.1, -0.05) is 54.6 Å². The van der Waals surface area contributed by atoms with Gasteiger partial charge in [-0.05, 0) is 34.4 Å². The number of aromatic hydroxyl groups is 1. The van der Waals surface area contributed by atoms with E-state index in [1.807, 2.05) is 48.5 Å². The third-order valence-corrected chi connectivity index (χ3v) is 3.80. The molecule has 0 unspecified atom stereocenters. The Labute approximate surface area is 135 Å². The summed E-state index contributed by atoms with van der Waals surface area (Å²) < 4.78 is 10.5. The number of hydrogen-bond acceptors (Lipinski definition) is 3. The minimum absolute atomic E-state index is 0.0101. The van der Waals surface area contributed by atoms with Crippen LogP contribution >= 0.6 is 0 Å². The number of methoxy groups -OCH3 is 2. The zero-order valence-corrected chi connectivity index (χ0v) is 13.1. The molecule has 0 atom stereocenters. The van der Waals surface area contributed by atoms with Crippen molar-refractivity contribution < 1.29 is 14.6 Å². The van der Waals surface area contributed by atoms with E-state index in [-0.39, 0.29) is 5.75 Å². The molecule has 3 aromatic carbocycles. The van der Waals surface area contributed by atoms with Crippen LogP contribution < -0.4 is 9.47 Å². The van der Waals surface area contributed by atoms with Crippen molar-refractivity contribution in [3.8, 4) is 39.5 Å². The molecule has 0 radical (unpaired) electrons. The molecule has 116 valence electrons. The molecule has 0 spiro atoms. The largest absolute Gasteiger partial charge is 0.502 e. The average Bonchev–Trinajstić information content (AvgIpc) is 2.62. The second-order valence-electron chi connectivity index (χ2n) is 5.14. The predicted molar refractivity (Wildman–Crippen MR) is 92.1 cm³/mol. The van der Waals surface area contributed by atoms with Gasteiger partial charge in [0.15, 0.2) is 11.5 Å². The summed E-state index contributed by atoms with van der Waals surface area (Å²) in [6.07, 6.45) is 0. The number of phenolic OH excluding ortho intramolecular Hbond substituents is 1. The molecule has 0 fully saturated rings. The first-order valence-corrected chi connectivity index (χ1v) is 7.34. The van der Waals surface area contributed by atoms with Gasteiger partial charge in [0.2, 0.25) is 5.75 Å². The van der Waals surface area contributed by atoms with Crippen LogP contribution in [0.5, 0.6) is 17.2 Å². The van der Waals surface area contributed by atoms with Crippen LogP contribution in [-0.2, 0) is 0 Å². The van der Waals surface area contributed by atoms with Crippen LogP contribution in [0.25, 0.3) is 22.3 Å². The maximum absolute atomic E-state index is 10.1. The topological polar surface area (TPSA) is 38.7 Å². The molecule has 0 amide bonds. The Kier molecular flexibility index (Phi) is 4.20. The average molecular weight is 306 g/mol. The van der Waals surface area contributed by atoms with Crippen molar-refractivity contribution in [3.63, 3.8) is 0 Å². The van der Waals surface area contributed by atoms with Crippen LogP contribution in [0.15, 0.2) is 66.7 Å². The first-order valence-electron chi connectivity index (χ1n) is 7.34. The van der Waals surface area contributed by atoms with Crippen LogP contribution in [-0.4, -0.2) is 19.3 Å². The molecular formula is C20H18O3. The van der Waals surface area contributed by atoms with Crippen molar-refractivity contribution in [1.29, 1.82) is 0 Å². The van der Waals surface area contributed by atoms with Gasteiger partial charge < -0.3 is 14.6 Å². The van der Waals surface area contributed by atoms with Gasteiger partial charge in [0, 0.05) is 0 Å². The van der Waals surface area contributed by atoms with Crippen molar-refractivity contribution in [3.05, 3.63) is 66.7 Å². The summed E-state index contributed by atoms with van der Waals surface area (Å²) in [6, 6.07) is 22.0. The summed E-state index contributed by atoms with van der Waals surface area (Å²) in [4.78, 5) is 0. The first kappa shape index (κ1) is 15.0. The van der Waals surface area contributed by atoms with Gasteiger partial charge in [-0.25, -0.2) is 0 Å². The van der Waals surface area contributed by atoms with Gasteiger partial charge in [-0.15, -0.1) is 0 Å². The highest BCUT2D eigenvalue weighted by molar-refractivity contribution is 5.85. The molecule has 0 aliphatic heterocycles. The molecule has 3 aromatic rings. The predicted octanol–water partition coefficient (Wildman–Crippen LogP) is 4.74. The molecule has 0 saturated carbocycles. The van der Waals surface area contributed by atoms with E-state index in [4.69, 9.17) is 9.47 Å². The second kappa shape index (κ2) is 6.44. The van der Waals surface area contributed by atoms with Crippen molar-refractivity contribution in [2.24, 2.45) is 0 Å². The van der Waals surface area contributed by atoms with Crippen molar-refractivity contribution in [2.45, 2.75) is 0 Å². The standard InChI is InChI=1S/C20H18O3/c1-22-18-12-15(13-19(23-2)20(18)21)17-11-7-6-10-16(17)14-8-4-3-5-9-14/h3-13,21H,1-2H3. The van der Waals surface area contributed by atoms with E-state index >= 15 is 0 Å². The third-order valence-electron chi connectivity index (χ3n) is 3.80. The van der Waals surface area contributed by atoms with Crippen LogP contribution in [0.3, 0.4) is 0 Å². The first-order chi connectivity index (χ1) is 11.2. The van der Waals surface area contributed by atoms with Crippen LogP contribution in [0.4, 0.5) is 0 Å². The Balaban J connectivity index is 2.20. The third kappa shape index (κ3) is 2.86. The summed E-state index contributed by atoms with van der Waals surface area (Å²) in [7, 11) is 3.06. The summed E-state index contributed by atoms with van der Waals surface area (Å²) in [5.74, 6) is 0.792. The lowest BCUT2D eigenvalue weighted by Crippen LogP contribution is -1.92. The molecule has 23 heavy (non-hydrogen) atoms. The zero-order chi connectivity index (χ0) is 16.2. The SMILES string of the molecule is COc1cc(-c2ccccc2-c2ccccc2)cc(OC)c1O. The molecule has 0 bridgehead atoms. The van der Waals surface area contributed by atoms with Crippen LogP contribution in [0.1, 0.15) is 0 Å². The summed E-state index contributed by atoms with van der Waals surface area (Å²) in [5, 5.41) is 10.1. The van der Waals surface area contributed by atoms with E-state index in [0.29, 0.717) is 11.5 Å². The highest BCUT2D eigenvalue weighted by Crippen LogP contribution is 2.42. The van der Waals surface area contributed by atoms with E-state index in [9.17, 15) is 5.11 Å². The summed E-state index contributed by atoms with van der Waals surface area (Å²) >= 11 is 0. The number of phenols is 1. The van der Waals surface area contributed by atoms with Crippen molar-refractivity contribution in [1.82, 2.24) is 0 Å². The molecule has 1 N–H and O–H groups in total. The Morgan fingerprint density at radius 1 is 0.652 bits per heavy atom. The quantitative estimate of drug-likeness (QED) is 0.756. The minimum atomic E-state index is 0.0101. The molecule has 0 aliphatic rings. The lowest BCUT2D eigenvalue weighted by molar-refractivity contribution is 0.340. The zero-order valence-electron chi connectivity index (χ0n) is 13.1. The maximum Gasteiger partial charge on any atom is 0.200 e. The van der Waals surface area contributed by atoms with Gasteiger partial charge >= 0.3 is 0 Å². The maximum atomic E-state index is 10.1. The molecule has 3 heteroatoms. The normalized spacial score (nSPS) is 10.3. The monoisotopic (exact) mass is 306 g/mol. The molecule has 3 nitrogen and oxygen atoms in total. The van der Waals surface area contributed by atoms with Gasteiger partial charge in [-0.3, -0.25) is 0 Å². The lowest BCUT2D eigenvalue weighted by Gasteiger charge is -2.14. The van der Waals surface area contributed by atoms with Gasteiger partial charge in [-0.2, -0.15) is 0 Å². The molecule has 0 heterocycles. The number of benzene rings is 3. The van der Waals surface area contributed by atoms with Gasteiger partial charge in [0.25, 0.3) is 0 Å². The lowest BCUT2D eigenvalue weighted by atomic mass is 9.94. The van der Waals surface area contributed by atoms with Crippen molar-refractivity contribution >= 4 is 0 Å². The van der Waals surface area contributed by atoms with Gasteiger partial charge in [0.05, 0.1) is 14.2 Å². The number of rotatable bonds is 4. The fourth-order valence-electron chi connectivity index (χ4n) is 2.65. The van der Waals surface area contributed by atoms with E-state index < -0.39 is 0 Å². The van der Waals surface area contributed by atoms with Crippen LogP contribution in [0, 0.1) is 0 Å². The fraction of sp³-hybridized carbons (Fsp3) is 0.100. The summed E-state index contributed by atoms with van der Waals surface area (Å²) in [5.41, 5.74) is 4.23. The number of ether oxygens (including phenoxy) is 2. The summed E-state index contributed by atoms with van der Waals surface area (Å²) in [6.45, 7) is 0. The van der Waals surface area contributed by atoms with E-state index in [2.05, 4.69) is 18.2 Å². The smallest absolute Gasteiger partial charge is 0.200 e.